The standard InChI is InChI=1S/C13H11F2NO3/c1-3-19-13(18)9-6(2)16-11-7(12(9)17)4-5-8(14)10(11)15/h4-5H,3H2,1-2H3,(H,16,17). The molecule has 6 heteroatoms. The summed E-state index contributed by atoms with van der Waals surface area (Å²) in [6.07, 6.45) is 0. The number of fused-ring (bicyclic) bond motifs is 1. The van der Waals surface area contributed by atoms with E-state index in [2.05, 4.69) is 4.98 Å². The Hall–Kier alpha value is -2.24. The number of aromatic amines is 1. The molecule has 0 radical (unpaired) electrons. The number of aromatic nitrogens is 1. The van der Waals surface area contributed by atoms with Gasteiger partial charge in [0.25, 0.3) is 0 Å². The van der Waals surface area contributed by atoms with Gasteiger partial charge in [0.2, 0.25) is 5.43 Å². The second kappa shape index (κ2) is 4.79. The highest BCUT2D eigenvalue weighted by Crippen LogP contribution is 2.18. The van der Waals surface area contributed by atoms with Crippen LogP contribution in [-0.4, -0.2) is 17.6 Å². The second-order valence-corrected chi connectivity index (χ2v) is 3.96. The number of esters is 1. The summed E-state index contributed by atoms with van der Waals surface area (Å²) in [7, 11) is 0. The van der Waals surface area contributed by atoms with Crippen molar-refractivity contribution in [1.82, 2.24) is 4.98 Å². The smallest absolute Gasteiger partial charge is 0.343 e. The predicted octanol–water partition coefficient (Wildman–Crippen LogP) is 2.29. The maximum Gasteiger partial charge on any atom is 0.343 e. The summed E-state index contributed by atoms with van der Waals surface area (Å²) in [5, 5.41) is -0.0902. The lowest BCUT2D eigenvalue weighted by Crippen LogP contribution is -2.21. The number of benzene rings is 1. The Balaban J connectivity index is 2.81. The number of hydrogen-bond acceptors (Lipinski definition) is 3. The molecule has 0 saturated carbocycles. The number of pyridine rings is 1. The summed E-state index contributed by atoms with van der Waals surface area (Å²) >= 11 is 0. The van der Waals surface area contributed by atoms with Crippen LogP contribution in [0.1, 0.15) is 23.0 Å². The van der Waals surface area contributed by atoms with Crippen molar-refractivity contribution in [2.45, 2.75) is 13.8 Å². The van der Waals surface area contributed by atoms with Crippen LogP contribution >= 0.6 is 0 Å². The number of hydrogen-bond donors (Lipinski definition) is 1. The number of ether oxygens (including phenoxy) is 1. The third-order valence-electron chi connectivity index (χ3n) is 2.73. The molecule has 1 aromatic carbocycles. The topological polar surface area (TPSA) is 59.2 Å². The molecule has 4 nitrogen and oxygen atoms in total. The van der Waals surface area contributed by atoms with Crippen LogP contribution in [0.15, 0.2) is 16.9 Å². The largest absolute Gasteiger partial charge is 0.462 e. The first-order valence-electron chi connectivity index (χ1n) is 5.65. The Kier molecular flexibility index (Phi) is 3.33. The number of carbonyl (C=O) groups is 1. The highest BCUT2D eigenvalue weighted by atomic mass is 19.2. The van der Waals surface area contributed by atoms with Gasteiger partial charge in [-0.3, -0.25) is 4.79 Å². The summed E-state index contributed by atoms with van der Waals surface area (Å²) in [6.45, 7) is 3.16. The molecule has 0 atom stereocenters. The molecule has 0 bridgehead atoms. The van der Waals surface area contributed by atoms with Crippen LogP contribution in [0.3, 0.4) is 0 Å². The fraction of sp³-hybridized carbons (Fsp3) is 0.231. The molecule has 0 unspecified atom stereocenters. The van der Waals surface area contributed by atoms with E-state index in [1.807, 2.05) is 0 Å². The van der Waals surface area contributed by atoms with Crippen LogP contribution in [0.5, 0.6) is 0 Å². The zero-order valence-corrected chi connectivity index (χ0v) is 10.3. The molecular weight excluding hydrogens is 256 g/mol. The van der Waals surface area contributed by atoms with Gasteiger partial charge in [-0.05, 0) is 26.0 Å². The van der Waals surface area contributed by atoms with Crippen molar-refractivity contribution in [2.24, 2.45) is 0 Å². The molecule has 2 rings (SSSR count). The number of H-pyrrole nitrogens is 1. The summed E-state index contributed by atoms with van der Waals surface area (Å²) in [6, 6.07) is 1.98. The van der Waals surface area contributed by atoms with E-state index < -0.39 is 23.0 Å². The highest BCUT2D eigenvalue weighted by Gasteiger charge is 2.20. The van der Waals surface area contributed by atoms with Gasteiger partial charge < -0.3 is 9.72 Å². The number of rotatable bonds is 2. The van der Waals surface area contributed by atoms with Crippen LogP contribution < -0.4 is 5.43 Å². The second-order valence-electron chi connectivity index (χ2n) is 3.96. The summed E-state index contributed by atoms with van der Waals surface area (Å²) in [4.78, 5) is 26.3. The summed E-state index contributed by atoms with van der Waals surface area (Å²) in [5.74, 6) is -2.99. The fourth-order valence-corrected chi connectivity index (χ4v) is 1.87. The monoisotopic (exact) mass is 267 g/mol. The minimum Gasteiger partial charge on any atom is -0.462 e. The third-order valence-corrected chi connectivity index (χ3v) is 2.73. The van der Waals surface area contributed by atoms with Crippen LogP contribution in [-0.2, 0) is 4.74 Å². The van der Waals surface area contributed by atoms with Gasteiger partial charge in [0.05, 0.1) is 12.1 Å². The van der Waals surface area contributed by atoms with Gasteiger partial charge >= 0.3 is 5.97 Å². The molecule has 0 fully saturated rings. The quantitative estimate of drug-likeness (QED) is 0.849. The van der Waals surface area contributed by atoms with Crippen molar-refractivity contribution in [2.75, 3.05) is 6.61 Å². The van der Waals surface area contributed by atoms with Gasteiger partial charge in [0.15, 0.2) is 11.6 Å². The maximum absolute atomic E-state index is 13.6. The first-order valence-corrected chi connectivity index (χ1v) is 5.65. The molecule has 0 amide bonds. The molecule has 0 aliphatic rings. The Morgan fingerprint density at radius 1 is 1.37 bits per heavy atom. The zero-order valence-electron chi connectivity index (χ0n) is 10.3. The number of halogens is 2. The van der Waals surface area contributed by atoms with Crippen molar-refractivity contribution < 1.29 is 18.3 Å². The van der Waals surface area contributed by atoms with Gasteiger partial charge in [0, 0.05) is 11.1 Å². The van der Waals surface area contributed by atoms with Gasteiger partial charge in [-0.1, -0.05) is 0 Å². The van der Waals surface area contributed by atoms with Crippen LogP contribution in [0.4, 0.5) is 8.78 Å². The Morgan fingerprint density at radius 2 is 2.05 bits per heavy atom. The Morgan fingerprint density at radius 3 is 2.68 bits per heavy atom. The first kappa shape index (κ1) is 13.2. The lowest BCUT2D eigenvalue weighted by molar-refractivity contribution is 0.0523. The average molecular weight is 267 g/mol. The molecule has 100 valence electrons. The zero-order chi connectivity index (χ0) is 14.2. The molecule has 1 N–H and O–H groups in total. The van der Waals surface area contributed by atoms with Crippen LogP contribution in [0, 0.1) is 18.6 Å². The number of nitrogens with one attached hydrogen (secondary N) is 1. The minimum atomic E-state index is -1.15. The van der Waals surface area contributed by atoms with Crippen molar-refractivity contribution in [3.63, 3.8) is 0 Å². The fourth-order valence-electron chi connectivity index (χ4n) is 1.87. The summed E-state index contributed by atoms with van der Waals surface area (Å²) in [5.41, 5.74) is -0.986. The Bertz CT molecular complexity index is 722. The van der Waals surface area contributed by atoms with Gasteiger partial charge in [-0.25, -0.2) is 13.6 Å². The van der Waals surface area contributed by atoms with E-state index in [0.29, 0.717) is 0 Å². The lowest BCUT2D eigenvalue weighted by atomic mass is 10.1. The van der Waals surface area contributed by atoms with Crippen molar-refractivity contribution >= 4 is 16.9 Å². The van der Waals surface area contributed by atoms with E-state index in [0.717, 1.165) is 12.1 Å². The molecule has 0 aliphatic carbocycles. The normalized spacial score (nSPS) is 10.7. The van der Waals surface area contributed by atoms with Gasteiger partial charge in [-0.2, -0.15) is 0 Å². The summed E-state index contributed by atoms with van der Waals surface area (Å²) < 4.78 is 31.4. The third kappa shape index (κ3) is 2.09. The van der Waals surface area contributed by atoms with E-state index in [-0.39, 0.29) is 28.8 Å². The SMILES string of the molecule is CCOC(=O)c1c(C)[nH]c2c(F)c(F)ccc2c1=O. The number of carbonyl (C=O) groups excluding carboxylic acids is 1. The van der Waals surface area contributed by atoms with E-state index in [4.69, 9.17) is 4.74 Å². The van der Waals surface area contributed by atoms with Crippen molar-refractivity contribution in [3.05, 3.63) is 45.2 Å². The maximum atomic E-state index is 13.6. The molecule has 0 saturated heterocycles. The highest BCUT2D eigenvalue weighted by molar-refractivity contribution is 5.95. The molecule has 1 aromatic heterocycles. The van der Waals surface area contributed by atoms with Crippen molar-refractivity contribution in [3.8, 4) is 0 Å². The predicted molar refractivity (Wildman–Crippen MR) is 65.2 cm³/mol. The van der Waals surface area contributed by atoms with Crippen LogP contribution in [0.25, 0.3) is 10.9 Å². The Labute approximate surface area is 107 Å². The van der Waals surface area contributed by atoms with Gasteiger partial charge in [-0.15, -0.1) is 0 Å². The lowest BCUT2D eigenvalue weighted by Gasteiger charge is -2.08. The molecule has 0 aliphatic heterocycles. The average Bonchev–Trinajstić information content (AvgIpc) is 2.35. The van der Waals surface area contributed by atoms with E-state index in [9.17, 15) is 18.4 Å². The van der Waals surface area contributed by atoms with Crippen LogP contribution in [0.2, 0.25) is 0 Å². The van der Waals surface area contributed by atoms with E-state index in [1.54, 1.807) is 6.92 Å². The molecule has 2 aromatic rings. The molecule has 0 spiro atoms. The van der Waals surface area contributed by atoms with E-state index in [1.165, 1.54) is 6.92 Å². The van der Waals surface area contributed by atoms with E-state index >= 15 is 0 Å². The molecule has 19 heavy (non-hydrogen) atoms. The first-order chi connectivity index (χ1) is 8.97. The molecular formula is C13H11F2NO3. The molecule has 1 heterocycles. The van der Waals surface area contributed by atoms with Crippen molar-refractivity contribution in [1.29, 1.82) is 0 Å². The minimum absolute atomic E-state index is 0.0902. The number of aryl methyl sites for hydroxylation is 1. The van der Waals surface area contributed by atoms with Gasteiger partial charge in [0.1, 0.15) is 5.56 Å².